The fourth-order valence-corrected chi connectivity index (χ4v) is 3.47. The van der Waals surface area contributed by atoms with Crippen LogP contribution in [-0.4, -0.2) is 57.5 Å². The number of amides is 1. The Morgan fingerprint density at radius 1 is 1.21 bits per heavy atom. The second-order valence-corrected chi connectivity index (χ2v) is 8.12. The molecule has 7 nitrogen and oxygen atoms in total. The third-order valence-electron chi connectivity index (χ3n) is 4.15. The number of sulfone groups is 1. The monoisotopic (exact) mass is 431 g/mol. The SMILES string of the molecule is COc1ccc(C(CNC(=O)c2cccnc2S(=O)(=O)C(F)(F)F)N(C)C)cc1. The number of hydrogen-bond donors (Lipinski definition) is 1. The van der Waals surface area contributed by atoms with E-state index in [0.29, 0.717) is 5.75 Å². The summed E-state index contributed by atoms with van der Waals surface area (Å²) in [5.74, 6) is -0.325. The van der Waals surface area contributed by atoms with Crippen molar-refractivity contribution in [3.8, 4) is 5.75 Å². The number of nitrogens with zero attached hydrogens (tertiary/aromatic N) is 2. The Labute approximate surface area is 166 Å². The molecule has 158 valence electrons. The fourth-order valence-electron chi connectivity index (χ4n) is 2.60. The van der Waals surface area contributed by atoms with Crippen LogP contribution in [0, 0.1) is 0 Å². The molecule has 2 rings (SSSR count). The number of rotatable bonds is 7. The van der Waals surface area contributed by atoms with E-state index in [9.17, 15) is 26.4 Å². The number of carbonyl (C=O) groups excluding carboxylic acids is 1. The van der Waals surface area contributed by atoms with Gasteiger partial charge in [-0.2, -0.15) is 13.2 Å². The number of nitrogens with one attached hydrogen (secondary N) is 1. The topological polar surface area (TPSA) is 88.6 Å². The Morgan fingerprint density at radius 2 is 1.83 bits per heavy atom. The van der Waals surface area contributed by atoms with Crippen molar-refractivity contribution in [3.63, 3.8) is 0 Å². The molecule has 0 spiro atoms. The van der Waals surface area contributed by atoms with Crippen molar-refractivity contribution in [2.24, 2.45) is 0 Å². The number of benzene rings is 1. The van der Waals surface area contributed by atoms with Gasteiger partial charge in [0.25, 0.3) is 15.7 Å². The van der Waals surface area contributed by atoms with Crippen molar-refractivity contribution in [1.82, 2.24) is 15.2 Å². The number of alkyl halides is 3. The summed E-state index contributed by atoms with van der Waals surface area (Å²) >= 11 is 0. The summed E-state index contributed by atoms with van der Waals surface area (Å²) in [6, 6.07) is 8.92. The molecule has 0 saturated heterocycles. The van der Waals surface area contributed by atoms with E-state index >= 15 is 0 Å². The largest absolute Gasteiger partial charge is 0.503 e. The summed E-state index contributed by atoms with van der Waals surface area (Å²) in [7, 11) is -0.699. The zero-order valence-electron chi connectivity index (χ0n) is 15.9. The Morgan fingerprint density at radius 3 is 2.34 bits per heavy atom. The van der Waals surface area contributed by atoms with Gasteiger partial charge < -0.3 is 15.0 Å². The van der Waals surface area contributed by atoms with Crippen LogP contribution >= 0.6 is 0 Å². The molecule has 29 heavy (non-hydrogen) atoms. The minimum absolute atomic E-state index is 0.0264. The Hall–Kier alpha value is -2.66. The van der Waals surface area contributed by atoms with Gasteiger partial charge in [0.2, 0.25) is 0 Å². The minimum Gasteiger partial charge on any atom is -0.497 e. The lowest BCUT2D eigenvalue weighted by atomic mass is 10.1. The quantitative estimate of drug-likeness (QED) is 0.725. The van der Waals surface area contributed by atoms with Gasteiger partial charge >= 0.3 is 5.51 Å². The van der Waals surface area contributed by atoms with Gasteiger partial charge in [-0.05, 0) is 43.9 Å². The molecule has 1 amide bonds. The average molecular weight is 431 g/mol. The smallest absolute Gasteiger partial charge is 0.497 e. The molecule has 1 aromatic carbocycles. The molecule has 0 bridgehead atoms. The van der Waals surface area contributed by atoms with E-state index in [1.54, 1.807) is 43.3 Å². The first-order valence-corrected chi connectivity index (χ1v) is 9.82. The first kappa shape index (κ1) is 22.6. The van der Waals surface area contributed by atoms with Crippen LogP contribution in [0.25, 0.3) is 0 Å². The lowest BCUT2D eigenvalue weighted by Crippen LogP contribution is -2.36. The van der Waals surface area contributed by atoms with Crippen LogP contribution in [0.1, 0.15) is 22.0 Å². The van der Waals surface area contributed by atoms with Gasteiger partial charge in [0.05, 0.1) is 18.7 Å². The van der Waals surface area contributed by atoms with Gasteiger partial charge in [0, 0.05) is 12.7 Å². The second-order valence-electron chi connectivity index (χ2n) is 6.27. The molecule has 11 heteroatoms. The van der Waals surface area contributed by atoms with Crippen molar-refractivity contribution in [1.29, 1.82) is 0 Å². The van der Waals surface area contributed by atoms with Crippen LogP contribution in [0.2, 0.25) is 0 Å². The summed E-state index contributed by atoms with van der Waals surface area (Å²) in [6.07, 6.45) is 0.884. The molecule has 2 aromatic rings. The lowest BCUT2D eigenvalue weighted by Gasteiger charge is -2.25. The van der Waals surface area contributed by atoms with Gasteiger partial charge in [-0.15, -0.1) is 0 Å². The van der Waals surface area contributed by atoms with Crippen molar-refractivity contribution in [2.45, 2.75) is 16.6 Å². The molecule has 1 atom stereocenters. The van der Waals surface area contributed by atoms with Crippen LogP contribution in [0.4, 0.5) is 13.2 Å². The highest BCUT2D eigenvalue weighted by atomic mass is 32.2. The molecule has 1 N–H and O–H groups in total. The van der Waals surface area contributed by atoms with Crippen LogP contribution in [0.3, 0.4) is 0 Å². The molecular weight excluding hydrogens is 411 g/mol. The number of pyridine rings is 1. The lowest BCUT2D eigenvalue weighted by molar-refractivity contribution is -0.0438. The van der Waals surface area contributed by atoms with Crippen molar-refractivity contribution < 1.29 is 31.1 Å². The molecule has 0 fully saturated rings. The molecular formula is C18H20F3N3O4S. The molecule has 1 heterocycles. The molecule has 0 radical (unpaired) electrons. The van der Waals surface area contributed by atoms with E-state index in [-0.39, 0.29) is 12.6 Å². The zero-order chi connectivity index (χ0) is 21.8. The second kappa shape index (κ2) is 8.78. The summed E-state index contributed by atoms with van der Waals surface area (Å²) in [6.45, 7) is 0.0264. The van der Waals surface area contributed by atoms with Crippen molar-refractivity contribution in [2.75, 3.05) is 27.7 Å². The molecule has 0 aliphatic heterocycles. The van der Waals surface area contributed by atoms with Crippen LogP contribution in [0.15, 0.2) is 47.6 Å². The van der Waals surface area contributed by atoms with E-state index in [2.05, 4.69) is 10.3 Å². The average Bonchev–Trinajstić information content (AvgIpc) is 2.67. The maximum atomic E-state index is 12.9. The summed E-state index contributed by atoms with van der Waals surface area (Å²) < 4.78 is 67.2. The Kier molecular flexibility index (Phi) is 6.85. The van der Waals surface area contributed by atoms with Gasteiger partial charge in [-0.3, -0.25) is 4.79 Å². The van der Waals surface area contributed by atoms with Crippen molar-refractivity contribution >= 4 is 15.7 Å². The maximum Gasteiger partial charge on any atom is 0.503 e. The van der Waals surface area contributed by atoms with Gasteiger partial charge in [-0.1, -0.05) is 12.1 Å². The normalized spacial score (nSPS) is 13.2. The predicted octanol–water partition coefficient (Wildman–Crippen LogP) is 2.42. The number of hydrogen-bond acceptors (Lipinski definition) is 6. The fraction of sp³-hybridized carbons (Fsp3) is 0.333. The van der Waals surface area contributed by atoms with E-state index in [1.807, 2.05) is 0 Å². The summed E-state index contributed by atoms with van der Waals surface area (Å²) in [4.78, 5) is 17.6. The molecule has 1 aromatic heterocycles. The third kappa shape index (κ3) is 5.04. The zero-order valence-corrected chi connectivity index (χ0v) is 16.7. The van der Waals surface area contributed by atoms with E-state index < -0.39 is 31.8 Å². The standard InChI is InChI=1S/C18H20F3N3O4S/c1-24(2)15(12-6-8-13(28-3)9-7-12)11-23-16(25)14-5-4-10-22-17(14)29(26,27)18(19,20)21/h4-10,15H,11H2,1-3H3,(H,23,25). The van der Waals surface area contributed by atoms with Crippen LogP contribution in [0.5, 0.6) is 5.75 Å². The highest BCUT2D eigenvalue weighted by molar-refractivity contribution is 7.92. The number of carbonyl (C=O) groups is 1. The Bertz CT molecular complexity index is 961. The first-order chi connectivity index (χ1) is 13.5. The van der Waals surface area contributed by atoms with Gasteiger partial charge in [0.1, 0.15) is 5.75 Å². The summed E-state index contributed by atoms with van der Waals surface area (Å²) in [5, 5.41) is 1.16. The third-order valence-corrected chi connectivity index (χ3v) is 5.60. The maximum absolute atomic E-state index is 12.9. The van der Waals surface area contributed by atoms with Crippen LogP contribution < -0.4 is 10.1 Å². The summed E-state index contributed by atoms with van der Waals surface area (Å²) in [5.41, 5.74) is -5.41. The molecule has 1 unspecified atom stereocenters. The molecule has 0 aliphatic carbocycles. The van der Waals surface area contributed by atoms with Gasteiger partial charge in [0.15, 0.2) is 5.03 Å². The highest BCUT2D eigenvalue weighted by Gasteiger charge is 2.49. The molecule has 0 saturated carbocycles. The number of methoxy groups -OCH3 is 1. The van der Waals surface area contributed by atoms with Crippen molar-refractivity contribution in [3.05, 3.63) is 53.7 Å². The molecule has 0 aliphatic rings. The highest BCUT2D eigenvalue weighted by Crippen LogP contribution is 2.31. The predicted molar refractivity (Wildman–Crippen MR) is 99.2 cm³/mol. The minimum atomic E-state index is -5.76. The van der Waals surface area contributed by atoms with Crippen LogP contribution in [-0.2, 0) is 9.84 Å². The number of likely N-dealkylation sites (N-methyl/N-ethyl adjacent to an activating group) is 1. The van der Waals surface area contributed by atoms with E-state index in [0.717, 1.165) is 17.8 Å². The first-order valence-electron chi connectivity index (χ1n) is 8.34. The number of aromatic nitrogens is 1. The van der Waals surface area contributed by atoms with Gasteiger partial charge in [-0.25, -0.2) is 13.4 Å². The number of halogens is 3. The van der Waals surface area contributed by atoms with E-state index in [1.165, 1.54) is 13.2 Å². The number of ether oxygens (including phenoxy) is 1. The van der Waals surface area contributed by atoms with E-state index in [4.69, 9.17) is 4.74 Å². The Balaban J connectivity index is 2.26.